The van der Waals surface area contributed by atoms with Gasteiger partial charge in [0.05, 0.1) is 6.61 Å². The highest BCUT2D eigenvalue weighted by Gasteiger charge is 2.15. The van der Waals surface area contributed by atoms with Gasteiger partial charge in [0.2, 0.25) is 5.82 Å². The summed E-state index contributed by atoms with van der Waals surface area (Å²) in [5.41, 5.74) is -0.101. The van der Waals surface area contributed by atoms with E-state index in [9.17, 15) is 18.0 Å². The molecule has 0 fully saturated rings. The van der Waals surface area contributed by atoms with E-state index in [1.807, 2.05) is 0 Å². The van der Waals surface area contributed by atoms with Gasteiger partial charge < -0.3 is 9.72 Å². The number of carbonyl (C=O) groups excluding carboxylic acids is 1. The summed E-state index contributed by atoms with van der Waals surface area (Å²) in [4.78, 5) is 13.9. The van der Waals surface area contributed by atoms with Gasteiger partial charge in [-0.15, -0.1) is 10.2 Å². The summed E-state index contributed by atoms with van der Waals surface area (Å²) in [7, 11) is 0. The fourth-order valence-electron chi connectivity index (χ4n) is 1.55. The molecule has 2 aromatic rings. The molecule has 1 heterocycles. The van der Waals surface area contributed by atoms with E-state index in [1.54, 1.807) is 6.92 Å². The summed E-state index contributed by atoms with van der Waals surface area (Å²) in [6.07, 6.45) is -0.157. The molecular formula is C12H10F3N3O2. The van der Waals surface area contributed by atoms with Gasteiger partial charge in [0.15, 0.2) is 11.6 Å². The van der Waals surface area contributed by atoms with Gasteiger partial charge in [-0.1, -0.05) is 0 Å². The molecule has 2 rings (SSSR count). The lowest BCUT2D eigenvalue weighted by Crippen LogP contribution is -2.06. The zero-order valence-electron chi connectivity index (χ0n) is 10.4. The van der Waals surface area contributed by atoms with Crippen LogP contribution in [0.25, 0.3) is 0 Å². The first-order chi connectivity index (χ1) is 9.51. The van der Waals surface area contributed by atoms with Crippen molar-refractivity contribution in [2.75, 3.05) is 6.61 Å². The smallest absolute Gasteiger partial charge is 0.376 e. The third-order valence-corrected chi connectivity index (χ3v) is 2.45. The Morgan fingerprint density at radius 2 is 1.90 bits per heavy atom. The molecule has 5 nitrogen and oxygen atoms in total. The molecule has 0 bridgehead atoms. The molecule has 1 aromatic carbocycles. The van der Waals surface area contributed by atoms with Gasteiger partial charge in [-0.05, 0) is 18.6 Å². The molecule has 0 unspecified atom stereocenters. The van der Waals surface area contributed by atoms with Crippen molar-refractivity contribution < 1.29 is 22.7 Å². The topological polar surface area (TPSA) is 67.9 Å². The van der Waals surface area contributed by atoms with E-state index in [2.05, 4.69) is 15.2 Å². The van der Waals surface area contributed by atoms with E-state index in [4.69, 9.17) is 4.74 Å². The van der Waals surface area contributed by atoms with Crippen molar-refractivity contribution in [1.82, 2.24) is 15.2 Å². The van der Waals surface area contributed by atoms with Crippen LogP contribution in [0.5, 0.6) is 0 Å². The summed E-state index contributed by atoms with van der Waals surface area (Å²) in [6, 6.07) is 1.19. The number of nitrogens with zero attached hydrogens (tertiary/aromatic N) is 2. The zero-order chi connectivity index (χ0) is 14.7. The van der Waals surface area contributed by atoms with Gasteiger partial charge in [-0.3, -0.25) is 0 Å². The summed E-state index contributed by atoms with van der Waals surface area (Å²) in [5.74, 6) is -4.03. The number of benzene rings is 1. The summed E-state index contributed by atoms with van der Waals surface area (Å²) < 4.78 is 44.0. The van der Waals surface area contributed by atoms with Gasteiger partial charge in [-0.25, -0.2) is 18.0 Å². The van der Waals surface area contributed by atoms with Crippen molar-refractivity contribution >= 4 is 5.97 Å². The Kier molecular flexibility index (Phi) is 4.02. The van der Waals surface area contributed by atoms with Crippen molar-refractivity contribution in [3.63, 3.8) is 0 Å². The monoisotopic (exact) mass is 285 g/mol. The van der Waals surface area contributed by atoms with Crippen LogP contribution >= 0.6 is 0 Å². The highest BCUT2D eigenvalue weighted by molar-refractivity contribution is 5.84. The van der Waals surface area contributed by atoms with Crippen molar-refractivity contribution in [1.29, 1.82) is 0 Å². The largest absolute Gasteiger partial charge is 0.460 e. The minimum absolute atomic E-state index is 0.101. The first-order valence-electron chi connectivity index (χ1n) is 5.73. The maximum absolute atomic E-state index is 13.4. The molecule has 0 atom stereocenters. The summed E-state index contributed by atoms with van der Waals surface area (Å²) in [5, 5.41) is 7.15. The molecule has 0 saturated heterocycles. The molecule has 0 aliphatic rings. The molecule has 1 aromatic heterocycles. The fraction of sp³-hybridized carbons (Fsp3) is 0.250. The van der Waals surface area contributed by atoms with Crippen LogP contribution in [0.3, 0.4) is 0 Å². The van der Waals surface area contributed by atoms with Crippen LogP contribution in [-0.2, 0) is 11.2 Å². The fourth-order valence-corrected chi connectivity index (χ4v) is 1.55. The molecule has 20 heavy (non-hydrogen) atoms. The average molecular weight is 285 g/mol. The second-order valence-electron chi connectivity index (χ2n) is 3.88. The van der Waals surface area contributed by atoms with Crippen LogP contribution in [0.4, 0.5) is 13.2 Å². The van der Waals surface area contributed by atoms with E-state index in [1.165, 1.54) is 0 Å². The van der Waals surface area contributed by atoms with E-state index in [-0.39, 0.29) is 30.2 Å². The number of halogens is 3. The van der Waals surface area contributed by atoms with Crippen LogP contribution in [-0.4, -0.2) is 27.8 Å². The lowest BCUT2D eigenvalue weighted by molar-refractivity contribution is 0.0512. The second kappa shape index (κ2) is 5.72. The van der Waals surface area contributed by atoms with Crippen LogP contribution in [0.1, 0.15) is 28.9 Å². The highest BCUT2D eigenvalue weighted by atomic mass is 19.2. The Hall–Kier alpha value is -2.38. The van der Waals surface area contributed by atoms with Crippen molar-refractivity contribution in [3.8, 4) is 0 Å². The Balaban J connectivity index is 2.19. The second-order valence-corrected chi connectivity index (χ2v) is 3.88. The molecule has 8 heteroatoms. The molecule has 0 aliphatic heterocycles. The average Bonchev–Trinajstić information content (AvgIpc) is 2.85. The number of hydrogen-bond donors (Lipinski definition) is 1. The van der Waals surface area contributed by atoms with Crippen LogP contribution < -0.4 is 0 Å². The highest BCUT2D eigenvalue weighted by Crippen LogP contribution is 2.16. The van der Waals surface area contributed by atoms with Crippen molar-refractivity contribution in [2.24, 2.45) is 0 Å². The van der Waals surface area contributed by atoms with E-state index < -0.39 is 23.4 Å². The summed E-state index contributed by atoms with van der Waals surface area (Å²) in [6.45, 7) is 1.80. The van der Waals surface area contributed by atoms with E-state index in [0.717, 1.165) is 6.07 Å². The van der Waals surface area contributed by atoms with Gasteiger partial charge in [0.25, 0.3) is 0 Å². The number of esters is 1. The Morgan fingerprint density at radius 1 is 1.20 bits per heavy atom. The third kappa shape index (κ3) is 2.95. The van der Waals surface area contributed by atoms with E-state index in [0.29, 0.717) is 6.07 Å². The molecule has 1 N–H and O–H groups in total. The molecular weight excluding hydrogens is 275 g/mol. The number of nitrogens with one attached hydrogen (secondary N) is 1. The Bertz CT molecular complexity index is 643. The lowest BCUT2D eigenvalue weighted by Gasteiger charge is -2.01. The van der Waals surface area contributed by atoms with Crippen LogP contribution in [0.15, 0.2) is 12.1 Å². The predicted octanol–water partition coefficient (Wildman–Crippen LogP) is 1.99. The minimum atomic E-state index is -1.27. The number of hydrogen-bond acceptors (Lipinski definition) is 4. The molecule has 106 valence electrons. The minimum Gasteiger partial charge on any atom is -0.460 e. The predicted molar refractivity (Wildman–Crippen MR) is 61.5 cm³/mol. The number of carbonyl (C=O) groups is 1. The molecule has 0 spiro atoms. The van der Waals surface area contributed by atoms with Crippen molar-refractivity contribution in [3.05, 3.63) is 46.8 Å². The van der Waals surface area contributed by atoms with Crippen LogP contribution in [0, 0.1) is 17.5 Å². The SMILES string of the molecule is CCOC(=O)c1nnc(Cc2cc(F)c(F)cc2F)[nH]1. The maximum atomic E-state index is 13.4. The number of H-pyrrole nitrogens is 1. The normalized spacial score (nSPS) is 10.6. The lowest BCUT2D eigenvalue weighted by atomic mass is 10.1. The Morgan fingerprint density at radius 3 is 2.60 bits per heavy atom. The van der Waals surface area contributed by atoms with Gasteiger partial charge >= 0.3 is 5.97 Å². The maximum Gasteiger partial charge on any atom is 0.376 e. The zero-order valence-corrected chi connectivity index (χ0v) is 10.4. The molecule has 0 saturated carbocycles. The standard InChI is InChI=1S/C12H10F3N3O2/c1-2-20-12(19)11-16-10(17-18-11)4-6-3-8(14)9(15)5-7(6)13/h3,5H,2,4H2,1H3,(H,16,17,18). The number of ether oxygens (including phenoxy) is 1. The van der Waals surface area contributed by atoms with Gasteiger partial charge in [0.1, 0.15) is 11.6 Å². The van der Waals surface area contributed by atoms with E-state index >= 15 is 0 Å². The Labute approximate surface area is 111 Å². The number of rotatable bonds is 4. The quantitative estimate of drug-likeness (QED) is 0.689. The first kappa shape index (κ1) is 14.0. The van der Waals surface area contributed by atoms with Crippen LogP contribution in [0.2, 0.25) is 0 Å². The van der Waals surface area contributed by atoms with Gasteiger partial charge in [0, 0.05) is 12.5 Å². The molecule has 0 aliphatic carbocycles. The first-order valence-corrected chi connectivity index (χ1v) is 5.73. The molecule has 0 amide bonds. The van der Waals surface area contributed by atoms with Gasteiger partial charge in [-0.2, -0.15) is 0 Å². The van der Waals surface area contributed by atoms with Crippen molar-refractivity contribution in [2.45, 2.75) is 13.3 Å². The third-order valence-electron chi connectivity index (χ3n) is 2.45. The summed E-state index contributed by atoms with van der Waals surface area (Å²) >= 11 is 0. The number of aromatic amines is 1. The number of aromatic nitrogens is 3. The molecule has 0 radical (unpaired) electrons.